The average Bonchev–Trinajstić information content (AvgIpc) is 2.45. The molecule has 0 saturated carbocycles. The number of carbonyl (C=O) groups is 2. The molecule has 0 aliphatic carbocycles. The van der Waals surface area contributed by atoms with Crippen LogP contribution in [-0.4, -0.2) is 30.2 Å². The number of nitrogens with zero attached hydrogens (tertiary/aromatic N) is 1. The molecule has 5 heteroatoms. The summed E-state index contributed by atoms with van der Waals surface area (Å²) in [6.07, 6.45) is 2.45. The van der Waals surface area contributed by atoms with Crippen molar-refractivity contribution in [2.24, 2.45) is 0 Å². The van der Waals surface area contributed by atoms with Gasteiger partial charge in [-0.25, -0.2) is 4.79 Å². The third-order valence-corrected chi connectivity index (χ3v) is 3.25. The van der Waals surface area contributed by atoms with Crippen LogP contribution in [-0.2, 0) is 4.79 Å². The third kappa shape index (κ3) is 6.29. The highest BCUT2D eigenvalue weighted by atomic mass is 16.4. The Morgan fingerprint density at radius 2 is 1.81 bits per heavy atom. The number of nitrogens with one attached hydrogen (secondary N) is 1. The number of aryl methyl sites for hydroxylation is 1. The van der Waals surface area contributed by atoms with Crippen LogP contribution in [0.15, 0.2) is 24.3 Å². The molecule has 1 rings (SSSR count). The molecule has 116 valence electrons. The Morgan fingerprint density at radius 1 is 1.14 bits per heavy atom. The standard InChI is InChI=1S/C16H24N2O3/c1-3-18(14-10-8-13(2)9-11-14)16(21)17-12-6-4-5-7-15(19)20/h8-11H,3-7,12H2,1-2H3,(H,17,21)(H,19,20). The van der Waals surface area contributed by atoms with Gasteiger partial charge in [-0.1, -0.05) is 24.1 Å². The van der Waals surface area contributed by atoms with Crippen LogP contribution in [0.3, 0.4) is 0 Å². The molecular weight excluding hydrogens is 268 g/mol. The van der Waals surface area contributed by atoms with Crippen LogP contribution in [0.2, 0.25) is 0 Å². The van der Waals surface area contributed by atoms with Gasteiger partial charge in [0, 0.05) is 25.2 Å². The van der Waals surface area contributed by atoms with Crippen LogP contribution in [0.25, 0.3) is 0 Å². The highest BCUT2D eigenvalue weighted by molar-refractivity contribution is 5.91. The number of amides is 2. The van der Waals surface area contributed by atoms with Gasteiger partial charge in [0.2, 0.25) is 0 Å². The first-order valence-corrected chi connectivity index (χ1v) is 7.38. The molecule has 0 radical (unpaired) electrons. The summed E-state index contributed by atoms with van der Waals surface area (Å²) in [5, 5.41) is 11.4. The second-order valence-corrected chi connectivity index (χ2v) is 5.02. The first-order chi connectivity index (χ1) is 10.0. The zero-order valence-electron chi connectivity index (χ0n) is 12.8. The first-order valence-electron chi connectivity index (χ1n) is 7.38. The van der Waals surface area contributed by atoms with Crippen LogP contribution in [0.5, 0.6) is 0 Å². The molecule has 0 fully saturated rings. The molecule has 0 aliphatic heterocycles. The number of aliphatic carboxylic acids is 1. The van der Waals surface area contributed by atoms with Gasteiger partial charge in [0.05, 0.1) is 0 Å². The zero-order chi connectivity index (χ0) is 15.7. The molecule has 21 heavy (non-hydrogen) atoms. The smallest absolute Gasteiger partial charge is 0.321 e. The lowest BCUT2D eigenvalue weighted by molar-refractivity contribution is -0.137. The van der Waals surface area contributed by atoms with E-state index >= 15 is 0 Å². The minimum atomic E-state index is -0.768. The highest BCUT2D eigenvalue weighted by Gasteiger charge is 2.12. The fourth-order valence-electron chi connectivity index (χ4n) is 2.04. The van der Waals surface area contributed by atoms with E-state index in [2.05, 4.69) is 5.32 Å². The third-order valence-electron chi connectivity index (χ3n) is 3.25. The van der Waals surface area contributed by atoms with Crippen molar-refractivity contribution < 1.29 is 14.7 Å². The van der Waals surface area contributed by atoms with Gasteiger partial charge < -0.3 is 10.4 Å². The van der Waals surface area contributed by atoms with Gasteiger partial charge in [-0.05, 0) is 38.8 Å². The molecule has 5 nitrogen and oxygen atoms in total. The largest absolute Gasteiger partial charge is 0.481 e. The summed E-state index contributed by atoms with van der Waals surface area (Å²) >= 11 is 0. The second kappa shape index (κ2) is 9.00. The molecule has 2 N–H and O–H groups in total. The predicted molar refractivity (Wildman–Crippen MR) is 83.7 cm³/mol. The highest BCUT2D eigenvalue weighted by Crippen LogP contribution is 2.14. The van der Waals surface area contributed by atoms with E-state index in [1.165, 1.54) is 0 Å². The number of anilines is 1. The van der Waals surface area contributed by atoms with Gasteiger partial charge in [-0.15, -0.1) is 0 Å². The topological polar surface area (TPSA) is 69.6 Å². The van der Waals surface area contributed by atoms with E-state index in [9.17, 15) is 9.59 Å². The Morgan fingerprint density at radius 3 is 2.38 bits per heavy atom. The van der Waals surface area contributed by atoms with Crippen LogP contribution >= 0.6 is 0 Å². The van der Waals surface area contributed by atoms with Crippen molar-refractivity contribution in [3.8, 4) is 0 Å². The monoisotopic (exact) mass is 292 g/mol. The van der Waals surface area contributed by atoms with Crippen LogP contribution < -0.4 is 10.2 Å². The number of hydrogen-bond acceptors (Lipinski definition) is 2. The summed E-state index contributed by atoms with van der Waals surface area (Å²) in [5.74, 6) is -0.768. The van der Waals surface area contributed by atoms with Crippen molar-refractivity contribution >= 4 is 17.7 Å². The predicted octanol–water partition coefficient (Wildman–Crippen LogP) is 3.18. The van der Waals surface area contributed by atoms with Gasteiger partial charge in [-0.2, -0.15) is 0 Å². The fourth-order valence-corrected chi connectivity index (χ4v) is 2.04. The molecule has 0 spiro atoms. The minimum Gasteiger partial charge on any atom is -0.481 e. The molecular formula is C16H24N2O3. The summed E-state index contributed by atoms with van der Waals surface area (Å²) in [4.78, 5) is 24.2. The molecule has 0 unspecified atom stereocenters. The fraction of sp³-hybridized carbons (Fsp3) is 0.500. The van der Waals surface area contributed by atoms with E-state index in [0.717, 1.165) is 24.1 Å². The summed E-state index contributed by atoms with van der Waals surface area (Å²) in [7, 11) is 0. The molecule has 0 atom stereocenters. The molecule has 1 aromatic rings. The van der Waals surface area contributed by atoms with Gasteiger partial charge in [-0.3, -0.25) is 9.69 Å². The molecule has 0 heterocycles. The summed E-state index contributed by atoms with van der Waals surface area (Å²) < 4.78 is 0. The van der Waals surface area contributed by atoms with Gasteiger partial charge in [0.1, 0.15) is 0 Å². The first kappa shape index (κ1) is 17.0. The van der Waals surface area contributed by atoms with Crippen LogP contribution in [0.4, 0.5) is 10.5 Å². The lowest BCUT2D eigenvalue weighted by Gasteiger charge is -2.21. The van der Waals surface area contributed by atoms with Gasteiger partial charge >= 0.3 is 12.0 Å². The molecule has 2 amide bonds. The van der Waals surface area contributed by atoms with Crippen molar-refractivity contribution in [2.45, 2.75) is 39.5 Å². The van der Waals surface area contributed by atoms with Crippen molar-refractivity contribution in [1.29, 1.82) is 0 Å². The number of carboxylic acid groups (broad SMARTS) is 1. The van der Waals surface area contributed by atoms with Crippen LogP contribution in [0.1, 0.15) is 38.2 Å². The number of hydrogen-bond donors (Lipinski definition) is 2. The Hall–Kier alpha value is -2.04. The zero-order valence-corrected chi connectivity index (χ0v) is 12.8. The minimum absolute atomic E-state index is 0.111. The average molecular weight is 292 g/mol. The number of urea groups is 1. The summed E-state index contributed by atoms with van der Waals surface area (Å²) in [6.45, 7) is 5.12. The van der Waals surface area contributed by atoms with Crippen molar-refractivity contribution in [3.05, 3.63) is 29.8 Å². The molecule has 1 aromatic carbocycles. The lowest BCUT2D eigenvalue weighted by atomic mass is 10.2. The Balaban J connectivity index is 2.35. The normalized spacial score (nSPS) is 10.2. The van der Waals surface area contributed by atoms with Crippen molar-refractivity contribution in [3.63, 3.8) is 0 Å². The maximum atomic E-state index is 12.1. The number of carbonyl (C=O) groups excluding carboxylic acids is 1. The number of rotatable bonds is 8. The Kier molecular flexibility index (Phi) is 7.29. The number of benzene rings is 1. The SMILES string of the molecule is CCN(C(=O)NCCCCCC(=O)O)c1ccc(C)cc1. The molecule has 0 aromatic heterocycles. The van der Waals surface area contributed by atoms with E-state index in [1.807, 2.05) is 38.1 Å². The van der Waals surface area contributed by atoms with Gasteiger partial charge in [0.15, 0.2) is 0 Å². The number of unbranched alkanes of at least 4 members (excludes halogenated alkanes) is 2. The number of carboxylic acids is 1. The quantitative estimate of drug-likeness (QED) is 0.723. The Bertz CT molecular complexity index is 457. The lowest BCUT2D eigenvalue weighted by Crippen LogP contribution is -2.40. The molecule has 0 saturated heterocycles. The van der Waals surface area contributed by atoms with E-state index in [1.54, 1.807) is 4.90 Å². The molecule has 0 bridgehead atoms. The van der Waals surface area contributed by atoms with Crippen molar-refractivity contribution in [1.82, 2.24) is 5.32 Å². The van der Waals surface area contributed by atoms with Crippen molar-refractivity contribution in [2.75, 3.05) is 18.0 Å². The Labute approximate surface area is 126 Å². The van der Waals surface area contributed by atoms with E-state index < -0.39 is 5.97 Å². The van der Waals surface area contributed by atoms with E-state index in [4.69, 9.17) is 5.11 Å². The maximum Gasteiger partial charge on any atom is 0.321 e. The maximum absolute atomic E-state index is 12.1. The second-order valence-electron chi connectivity index (χ2n) is 5.02. The summed E-state index contributed by atoms with van der Waals surface area (Å²) in [5.41, 5.74) is 2.04. The molecule has 0 aliphatic rings. The summed E-state index contributed by atoms with van der Waals surface area (Å²) in [6, 6.07) is 7.73. The van der Waals surface area contributed by atoms with Crippen LogP contribution in [0, 0.1) is 6.92 Å². The van der Waals surface area contributed by atoms with Gasteiger partial charge in [0.25, 0.3) is 0 Å². The van der Waals surface area contributed by atoms with E-state index in [-0.39, 0.29) is 12.5 Å². The van der Waals surface area contributed by atoms with E-state index in [0.29, 0.717) is 19.5 Å².